The second-order valence-corrected chi connectivity index (χ2v) is 6.01. The number of likely N-dealkylation sites (tertiary alicyclic amines) is 1. The minimum Gasteiger partial charge on any atom is -0.478 e. The van der Waals surface area contributed by atoms with Crippen molar-refractivity contribution in [3.05, 3.63) is 35.4 Å². The first-order valence-electron chi connectivity index (χ1n) is 6.57. The molecule has 5 nitrogen and oxygen atoms in total. The number of carbonyl (C=O) groups is 2. The number of carbonyl (C=O) groups excluding carboxylic acids is 1. The third-order valence-corrected chi connectivity index (χ3v) is 3.16. The molecule has 108 valence electrons. The number of aromatic carboxylic acids is 1. The van der Waals surface area contributed by atoms with Crippen molar-refractivity contribution >= 4 is 12.1 Å². The SMILES string of the molecule is CC(C)(C)OC(=O)N1CC(c2ccc(C(=O)O)cc2)C1. The van der Waals surface area contributed by atoms with Crippen LogP contribution in [0.25, 0.3) is 0 Å². The standard InChI is InChI=1S/C15H19NO4/c1-15(2,3)20-14(19)16-8-12(9-16)10-4-6-11(7-5-10)13(17)18/h4-7,12H,8-9H2,1-3H3,(H,17,18). The van der Waals surface area contributed by atoms with Crippen LogP contribution in [0.2, 0.25) is 0 Å². The summed E-state index contributed by atoms with van der Waals surface area (Å²) in [6.45, 7) is 6.75. The quantitative estimate of drug-likeness (QED) is 0.902. The van der Waals surface area contributed by atoms with Crippen LogP contribution in [0.3, 0.4) is 0 Å². The van der Waals surface area contributed by atoms with Gasteiger partial charge in [-0.2, -0.15) is 0 Å². The average Bonchev–Trinajstić information content (AvgIpc) is 2.25. The molecule has 0 bridgehead atoms. The maximum atomic E-state index is 11.8. The van der Waals surface area contributed by atoms with Crippen LogP contribution in [0.1, 0.15) is 42.6 Å². The second-order valence-electron chi connectivity index (χ2n) is 6.01. The summed E-state index contributed by atoms with van der Waals surface area (Å²) < 4.78 is 5.29. The summed E-state index contributed by atoms with van der Waals surface area (Å²) in [5, 5.41) is 8.84. The van der Waals surface area contributed by atoms with Gasteiger partial charge in [0.15, 0.2) is 0 Å². The number of carboxylic acid groups (broad SMARTS) is 1. The first kappa shape index (κ1) is 14.4. The van der Waals surface area contributed by atoms with E-state index >= 15 is 0 Å². The van der Waals surface area contributed by atoms with Gasteiger partial charge in [-0.25, -0.2) is 9.59 Å². The van der Waals surface area contributed by atoms with Crippen molar-refractivity contribution in [3.63, 3.8) is 0 Å². The normalized spacial score (nSPS) is 15.7. The predicted molar refractivity (Wildman–Crippen MR) is 73.9 cm³/mol. The highest BCUT2D eigenvalue weighted by atomic mass is 16.6. The molecule has 0 atom stereocenters. The van der Waals surface area contributed by atoms with Gasteiger partial charge in [0, 0.05) is 19.0 Å². The van der Waals surface area contributed by atoms with Crippen LogP contribution in [0, 0.1) is 0 Å². The Kier molecular flexibility index (Phi) is 3.70. The van der Waals surface area contributed by atoms with E-state index in [0.29, 0.717) is 13.1 Å². The molecule has 0 spiro atoms. The minimum atomic E-state index is -0.930. The lowest BCUT2D eigenvalue weighted by Crippen LogP contribution is -2.50. The molecule has 0 aliphatic carbocycles. The molecule has 1 aliphatic heterocycles. The van der Waals surface area contributed by atoms with Crippen molar-refractivity contribution in [2.75, 3.05) is 13.1 Å². The van der Waals surface area contributed by atoms with Gasteiger partial charge < -0.3 is 14.7 Å². The van der Waals surface area contributed by atoms with Gasteiger partial charge in [-0.1, -0.05) is 12.1 Å². The molecule has 1 heterocycles. The van der Waals surface area contributed by atoms with Gasteiger partial charge >= 0.3 is 12.1 Å². The van der Waals surface area contributed by atoms with E-state index in [9.17, 15) is 9.59 Å². The first-order valence-corrected chi connectivity index (χ1v) is 6.57. The number of rotatable bonds is 2. The number of benzene rings is 1. The van der Waals surface area contributed by atoms with Crippen LogP contribution in [-0.4, -0.2) is 40.8 Å². The van der Waals surface area contributed by atoms with Gasteiger partial charge in [-0.15, -0.1) is 0 Å². The fraction of sp³-hybridized carbons (Fsp3) is 0.467. The molecule has 1 N–H and O–H groups in total. The summed E-state index contributed by atoms with van der Waals surface area (Å²) in [4.78, 5) is 24.2. The molecule has 1 saturated heterocycles. The molecule has 0 unspecified atom stereocenters. The Bertz CT molecular complexity index is 510. The van der Waals surface area contributed by atoms with E-state index in [-0.39, 0.29) is 17.6 Å². The van der Waals surface area contributed by atoms with Crippen LogP contribution in [0.15, 0.2) is 24.3 Å². The molecule has 20 heavy (non-hydrogen) atoms. The van der Waals surface area contributed by atoms with Gasteiger partial charge in [0.05, 0.1) is 5.56 Å². The largest absolute Gasteiger partial charge is 0.478 e. The van der Waals surface area contributed by atoms with Crippen LogP contribution in [0.5, 0.6) is 0 Å². The second kappa shape index (κ2) is 5.15. The lowest BCUT2D eigenvalue weighted by molar-refractivity contribution is 0.00819. The molecule has 1 aliphatic rings. The number of amides is 1. The lowest BCUT2D eigenvalue weighted by atomic mass is 9.91. The van der Waals surface area contributed by atoms with E-state index in [4.69, 9.17) is 9.84 Å². The zero-order valence-corrected chi connectivity index (χ0v) is 11.9. The molecule has 1 amide bonds. The maximum Gasteiger partial charge on any atom is 0.410 e. The monoisotopic (exact) mass is 277 g/mol. The highest BCUT2D eigenvalue weighted by molar-refractivity contribution is 5.87. The van der Waals surface area contributed by atoms with Gasteiger partial charge in [0.2, 0.25) is 0 Å². The molecule has 0 saturated carbocycles. The Morgan fingerprint density at radius 2 is 1.75 bits per heavy atom. The number of hydrogen-bond donors (Lipinski definition) is 1. The van der Waals surface area contributed by atoms with E-state index in [0.717, 1.165) is 5.56 Å². The van der Waals surface area contributed by atoms with Crippen molar-refractivity contribution in [2.24, 2.45) is 0 Å². The van der Waals surface area contributed by atoms with E-state index in [1.54, 1.807) is 29.2 Å². The molecule has 5 heteroatoms. The van der Waals surface area contributed by atoms with Crippen LogP contribution < -0.4 is 0 Å². The number of ether oxygens (including phenoxy) is 1. The lowest BCUT2D eigenvalue weighted by Gasteiger charge is -2.40. The zero-order valence-electron chi connectivity index (χ0n) is 11.9. The summed E-state index contributed by atoms with van der Waals surface area (Å²) in [7, 11) is 0. The van der Waals surface area contributed by atoms with Gasteiger partial charge in [-0.3, -0.25) is 0 Å². The Morgan fingerprint density at radius 3 is 2.20 bits per heavy atom. The molecule has 1 aromatic carbocycles. The van der Waals surface area contributed by atoms with E-state index in [1.807, 2.05) is 20.8 Å². The average molecular weight is 277 g/mol. The van der Waals surface area contributed by atoms with E-state index in [2.05, 4.69) is 0 Å². The molecule has 2 rings (SSSR count). The molecular weight excluding hydrogens is 258 g/mol. The summed E-state index contributed by atoms with van der Waals surface area (Å²) in [5.41, 5.74) is 0.845. The zero-order chi connectivity index (χ0) is 14.9. The fourth-order valence-corrected chi connectivity index (χ4v) is 2.06. The van der Waals surface area contributed by atoms with Crippen LogP contribution in [0.4, 0.5) is 4.79 Å². The number of hydrogen-bond acceptors (Lipinski definition) is 3. The Labute approximate surface area is 118 Å². The predicted octanol–water partition coefficient (Wildman–Crippen LogP) is 2.72. The Balaban J connectivity index is 1.90. The summed E-state index contributed by atoms with van der Waals surface area (Å²) in [6, 6.07) is 6.79. The molecule has 1 aromatic rings. The van der Waals surface area contributed by atoms with E-state index in [1.165, 1.54) is 0 Å². The topological polar surface area (TPSA) is 66.8 Å². The fourth-order valence-electron chi connectivity index (χ4n) is 2.06. The summed E-state index contributed by atoms with van der Waals surface area (Å²) in [6.07, 6.45) is -0.295. The van der Waals surface area contributed by atoms with E-state index < -0.39 is 11.6 Å². The van der Waals surface area contributed by atoms with Gasteiger partial charge in [0.1, 0.15) is 5.60 Å². The summed E-state index contributed by atoms with van der Waals surface area (Å²) in [5.74, 6) is -0.675. The molecule has 0 radical (unpaired) electrons. The third-order valence-electron chi connectivity index (χ3n) is 3.16. The first-order chi connectivity index (χ1) is 9.26. The smallest absolute Gasteiger partial charge is 0.410 e. The highest BCUT2D eigenvalue weighted by Crippen LogP contribution is 2.28. The minimum absolute atomic E-state index is 0.255. The summed E-state index contributed by atoms with van der Waals surface area (Å²) >= 11 is 0. The van der Waals surface area contributed by atoms with Crippen LogP contribution in [-0.2, 0) is 4.74 Å². The van der Waals surface area contributed by atoms with Crippen molar-refractivity contribution < 1.29 is 19.4 Å². The maximum absolute atomic E-state index is 11.8. The number of nitrogens with zero attached hydrogens (tertiary/aromatic N) is 1. The van der Waals surface area contributed by atoms with Gasteiger partial charge in [-0.05, 0) is 38.5 Å². The highest BCUT2D eigenvalue weighted by Gasteiger charge is 2.34. The van der Waals surface area contributed by atoms with Crippen LogP contribution >= 0.6 is 0 Å². The molecule has 0 aromatic heterocycles. The molecule has 1 fully saturated rings. The van der Waals surface area contributed by atoms with Crippen molar-refractivity contribution in [1.29, 1.82) is 0 Å². The third kappa shape index (κ3) is 3.29. The Hall–Kier alpha value is -2.04. The van der Waals surface area contributed by atoms with Crippen molar-refractivity contribution in [1.82, 2.24) is 4.90 Å². The molecular formula is C15H19NO4. The number of carboxylic acids is 1. The van der Waals surface area contributed by atoms with Gasteiger partial charge in [0.25, 0.3) is 0 Å². The van der Waals surface area contributed by atoms with Crippen molar-refractivity contribution in [3.8, 4) is 0 Å². The van der Waals surface area contributed by atoms with Crippen molar-refractivity contribution in [2.45, 2.75) is 32.3 Å². The Morgan fingerprint density at radius 1 is 1.20 bits per heavy atom.